The SMILES string of the molecule is CCC.N[O-].[CH3-].[W].[Y].[Y].[Y].[Y].[Y]. The topological polar surface area (TPSA) is 49.1 Å². The van der Waals surface area contributed by atoms with Gasteiger partial charge < -0.3 is 18.5 Å². The van der Waals surface area contributed by atoms with E-state index in [4.69, 9.17) is 5.21 Å². The molecule has 5 radical (unpaired) electrons. The Morgan fingerprint density at radius 2 is 0.833 bits per heavy atom. The van der Waals surface area contributed by atoms with Crippen molar-refractivity contribution in [2.75, 3.05) is 0 Å². The third-order valence-electron chi connectivity index (χ3n) is 0. The number of nitrogens with two attached hydrogens (primary N) is 1. The Bertz CT molecular complexity index is 23.4. The van der Waals surface area contributed by atoms with E-state index in [0.717, 1.165) is 0 Å². The molecule has 0 amide bonds. The summed E-state index contributed by atoms with van der Waals surface area (Å²) in [5, 5.41) is 7.75. The Morgan fingerprint density at radius 1 is 0.833 bits per heavy atom. The minimum Gasteiger partial charge on any atom is -0.790 e. The summed E-state index contributed by atoms with van der Waals surface area (Å²) in [7, 11) is 0. The van der Waals surface area contributed by atoms with Gasteiger partial charge in [-0.05, 0) is 0 Å². The van der Waals surface area contributed by atoms with Crippen LogP contribution in [-0.2, 0) is 185 Å². The molecule has 0 rings (SSSR count). The molecule has 0 aliphatic heterocycles. The molecular formula is C4H13NOWY5-2. The minimum atomic E-state index is 0. The van der Waals surface area contributed by atoms with Gasteiger partial charge in [0.05, 0.1) is 0 Å². The fourth-order valence-corrected chi connectivity index (χ4v) is 0. The second kappa shape index (κ2) is 87.7. The molecule has 0 unspecified atom stereocenters. The number of hydrogen-bond acceptors (Lipinski definition) is 2. The molecule has 8 heteroatoms. The number of rotatable bonds is 0. The summed E-state index contributed by atoms with van der Waals surface area (Å²) in [5.41, 5.74) is 0. The molecular weight excluding hydrogens is 706 g/mol. The van der Waals surface area contributed by atoms with Gasteiger partial charge in [-0.3, -0.25) is 0 Å². The van der Waals surface area contributed by atoms with Gasteiger partial charge in [0.2, 0.25) is 0 Å². The van der Waals surface area contributed by atoms with E-state index >= 15 is 0 Å². The maximum atomic E-state index is 7.75. The van der Waals surface area contributed by atoms with E-state index in [2.05, 4.69) is 19.7 Å². The predicted octanol–water partition coefficient (Wildman–Crippen LogP) is 1.29. The van der Waals surface area contributed by atoms with E-state index in [1.807, 2.05) is 0 Å². The molecule has 0 aromatic rings. The monoisotopic (exact) mass is 720 g/mol. The van der Waals surface area contributed by atoms with E-state index in [1.165, 1.54) is 6.42 Å². The first-order valence-corrected chi connectivity index (χ1v) is 1.65. The van der Waals surface area contributed by atoms with Gasteiger partial charge in [0.25, 0.3) is 0 Å². The summed E-state index contributed by atoms with van der Waals surface area (Å²) in [6, 6.07) is 0. The molecule has 0 aromatic carbocycles. The van der Waals surface area contributed by atoms with Gasteiger partial charge in [-0.15, -0.1) is 0 Å². The molecule has 0 aliphatic carbocycles. The fraction of sp³-hybridized carbons (Fsp3) is 0.750. The van der Waals surface area contributed by atoms with Crippen molar-refractivity contribution in [2.45, 2.75) is 20.3 Å². The second-order valence-corrected chi connectivity index (χ2v) is 0.707. The first-order chi connectivity index (χ1) is 2.41. The smallest absolute Gasteiger partial charge is 0 e. The van der Waals surface area contributed by atoms with Crippen molar-refractivity contribution >= 4 is 0 Å². The van der Waals surface area contributed by atoms with Crippen LogP contribution in [0.3, 0.4) is 0 Å². The Hall–Kier alpha value is 6.13. The third kappa shape index (κ3) is 98.3. The Labute approximate surface area is 217 Å². The van der Waals surface area contributed by atoms with E-state index in [1.54, 1.807) is 0 Å². The summed E-state index contributed by atoms with van der Waals surface area (Å²) < 4.78 is 0. The standard InChI is InChI=1S/C3H8.CH3.H2NO.W.5Y/c1-3-2;;1-2;;;;;;/h3H2,1-2H3;1H3;1H2;;;;;;/q;2*-1;;;;;;. The van der Waals surface area contributed by atoms with E-state index < -0.39 is 0 Å². The largest absolute Gasteiger partial charge is 0.790 e. The molecule has 2 N–H and O–H groups in total. The second-order valence-electron chi connectivity index (χ2n) is 0.707. The molecule has 0 atom stereocenters. The Morgan fingerprint density at radius 3 is 0.833 bits per heavy atom. The van der Waals surface area contributed by atoms with Gasteiger partial charge in [0.1, 0.15) is 0 Å². The van der Waals surface area contributed by atoms with Crippen molar-refractivity contribution in [2.24, 2.45) is 5.90 Å². The molecule has 0 saturated carbocycles. The molecule has 0 saturated heterocycles. The van der Waals surface area contributed by atoms with Crippen molar-refractivity contribution in [3.63, 3.8) is 0 Å². The summed E-state index contributed by atoms with van der Waals surface area (Å²) in [4.78, 5) is 0. The van der Waals surface area contributed by atoms with Gasteiger partial charge in [-0.1, -0.05) is 20.3 Å². The Kier molecular flexibility index (Phi) is 466. The van der Waals surface area contributed by atoms with Crippen LogP contribution in [0, 0.1) is 12.6 Å². The average molecular weight is 720 g/mol. The molecule has 2 nitrogen and oxygen atoms in total. The van der Waals surface area contributed by atoms with E-state index in [-0.39, 0.29) is 192 Å². The van der Waals surface area contributed by atoms with Crippen molar-refractivity contribution in [3.8, 4) is 0 Å². The molecule has 0 fully saturated rings. The number of hydrogen-bond donors (Lipinski definition) is 1. The van der Waals surface area contributed by atoms with Crippen LogP contribution in [0.4, 0.5) is 0 Å². The fourth-order valence-electron chi connectivity index (χ4n) is 0. The zero-order chi connectivity index (χ0) is 4.71. The van der Waals surface area contributed by atoms with Crippen LogP contribution in [-0.4, -0.2) is 0 Å². The van der Waals surface area contributed by atoms with Crippen LogP contribution in [0.25, 0.3) is 0 Å². The Balaban J connectivity index is -0.00000000138. The van der Waals surface area contributed by atoms with Gasteiger partial charge in [-0.25, -0.2) is 0 Å². The maximum absolute atomic E-state index is 7.75. The zero-order valence-corrected chi connectivity index (χ0v) is 25.1. The van der Waals surface area contributed by atoms with Crippen molar-refractivity contribution < 1.29 is 185 Å². The van der Waals surface area contributed by atoms with Crippen LogP contribution < -0.4 is 5.90 Å². The van der Waals surface area contributed by atoms with Gasteiger partial charge in [-0.2, -0.15) is 0 Å². The van der Waals surface area contributed by atoms with Crippen molar-refractivity contribution in [3.05, 3.63) is 12.6 Å². The average Bonchev–Trinajstić information content (AvgIpc) is 1.46. The molecule has 0 aromatic heterocycles. The van der Waals surface area contributed by atoms with Crippen LogP contribution in [0.2, 0.25) is 0 Å². The molecule has 0 spiro atoms. The normalized spacial score (nSPS) is 2.00. The molecule has 63 valence electrons. The van der Waals surface area contributed by atoms with Crippen LogP contribution in [0.15, 0.2) is 0 Å². The van der Waals surface area contributed by atoms with Gasteiger partial charge >= 0.3 is 0 Å². The van der Waals surface area contributed by atoms with Gasteiger partial charge in [0.15, 0.2) is 0 Å². The maximum Gasteiger partial charge on any atom is 0 e. The van der Waals surface area contributed by atoms with Gasteiger partial charge in [0, 0.05) is 185 Å². The van der Waals surface area contributed by atoms with Crippen molar-refractivity contribution in [1.29, 1.82) is 0 Å². The van der Waals surface area contributed by atoms with Crippen LogP contribution in [0.1, 0.15) is 20.3 Å². The molecule has 12 heavy (non-hydrogen) atoms. The minimum absolute atomic E-state index is 0. The quantitative estimate of drug-likeness (QED) is 0.304. The first-order valence-electron chi connectivity index (χ1n) is 1.65. The van der Waals surface area contributed by atoms with E-state index in [0.29, 0.717) is 0 Å². The molecule has 0 bridgehead atoms. The van der Waals surface area contributed by atoms with E-state index in [9.17, 15) is 0 Å². The molecule has 0 aliphatic rings. The summed E-state index contributed by atoms with van der Waals surface area (Å²) in [5.74, 6) is 3.25. The predicted molar refractivity (Wildman–Crippen MR) is 29.9 cm³/mol. The zero-order valence-electron chi connectivity index (χ0n) is 7.99. The third-order valence-corrected chi connectivity index (χ3v) is 0. The van der Waals surface area contributed by atoms with Crippen molar-refractivity contribution in [1.82, 2.24) is 0 Å². The van der Waals surface area contributed by atoms with Crippen LogP contribution in [0.5, 0.6) is 0 Å². The summed E-state index contributed by atoms with van der Waals surface area (Å²) >= 11 is 0. The van der Waals surface area contributed by atoms with Crippen LogP contribution >= 0.6 is 0 Å². The summed E-state index contributed by atoms with van der Waals surface area (Å²) in [6.07, 6.45) is 1.25. The first kappa shape index (κ1) is 63.8. The summed E-state index contributed by atoms with van der Waals surface area (Å²) in [6.45, 7) is 4.25. The molecule has 0 heterocycles.